The lowest BCUT2D eigenvalue weighted by molar-refractivity contribution is -0.111. The molecule has 0 aromatic heterocycles. The van der Waals surface area contributed by atoms with Crippen LogP contribution in [0.2, 0.25) is 0 Å². The predicted molar refractivity (Wildman–Crippen MR) is 83.6 cm³/mol. The van der Waals surface area contributed by atoms with Crippen LogP contribution < -0.4 is 14.8 Å². The molecule has 0 fully saturated rings. The van der Waals surface area contributed by atoms with Crippen LogP contribution in [-0.2, 0) is 4.79 Å². The molecule has 2 rings (SSSR count). The van der Waals surface area contributed by atoms with Crippen molar-refractivity contribution in [2.45, 2.75) is 0 Å². The first-order chi connectivity index (χ1) is 11.0. The van der Waals surface area contributed by atoms with Crippen molar-refractivity contribution in [3.63, 3.8) is 0 Å². The van der Waals surface area contributed by atoms with Gasteiger partial charge in [-0.1, -0.05) is 6.07 Å². The molecule has 0 saturated carbocycles. The molecule has 4 nitrogen and oxygen atoms in total. The van der Waals surface area contributed by atoms with Crippen molar-refractivity contribution in [2.75, 3.05) is 19.5 Å². The molecule has 0 atom stereocenters. The van der Waals surface area contributed by atoms with Gasteiger partial charge < -0.3 is 14.8 Å². The van der Waals surface area contributed by atoms with Gasteiger partial charge in [0.25, 0.3) is 0 Å². The topological polar surface area (TPSA) is 47.6 Å². The van der Waals surface area contributed by atoms with Gasteiger partial charge >= 0.3 is 0 Å². The van der Waals surface area contributed by atoms with Gasteiger partial charge in [-0.05, 0) is 30.3 Å². The molecule has 0 aliphatic rings. The van der Waals surface area contributed by atoms with Crippen LogP contribution in [0, 0.1) is 11.6 Å². The number of anilines is 1. The summed E-state index contributed by atoms with van der Waals surface area (Å²) >= 11 is 0. The second kappa shape index (κ2) is 7.40. The summed E-state index contributed by atoms with van der Waals surface area (Å²) in [6, 6.07) is 8.35. The molecule has 0 bridgehead atoms. The van der Waals surface area contributed by atoms with Crippen LogP contribution in [0.15, 0.2) is 42.5 Å². The summed E-state index contributed by atoms with van der Waals surface area (Å²) in [7, 11) is 3.01. The zero-order valence-corrected chi connectivity index (χ0v) is 12.6. The smallest absolute Gasteiger partial charge is 0.248 e. The first kappa shape index (κ1) is 16.5. The molecule has 2 aromatic rings. The number of carbonyl (C=O) groups excluding carboxylic acids is 1. The lowest BCUT2D eigenvalue weighted by atomic mass is 10.1. The molecule has 2 aromatic carbocycles. The molecule has 1 N–H and O–H groups in total. The summed E-state index contributed by atoms with van der Waals surface area (Å²) in [5.41, 5.74) is 0.753. The fourth-order valence-electron chi connectivity index (χ4n) is 1.96. The van der Waals surface area contributed by atoms with E-state index in [4.69, 9.17) is 9.47 Å². The first-order valence-electron chi connectivity index (χ1n) is 6.70. The van der Waals surface area contributed by atoms with Crippen molar-refractivity contribution in [1.82, 2.24) is 0 Å². The Bertz CT molecular complexity index is 722. The maximum absolute atomic E-state index is 13.1. The van der Waals surface area contributed by atoms with E-state index in [0.717, 1.165) is 12.1 Å². The highest BCUT2D eigenvalue weighted by Gasteiger charge is 2.08. The van der Waals surface area contributed by atoms with Gasteiger partial charge in [-0.3, -0.25) is 4.79 Å². The standard InChI is InChI=1S/C17H15F2NO3/c1-22-15-4-3-5-16(23-2)12(15)7-9-17(21)20-11-6-8-13(18)14(19)10-11/h3-10H,1-2H3,(H,20,21)/b9-7+. The number of hydrogen-bond donors (Lipinski definition) is 1. The Morgan fingerprint density at radius 1 is 1.04 bits per heavy atom. The SMILES string of the molecule is COc1cccc(OC)c1/C=C/C(=O)Nc1ccc(F)c(F)c1. The Hall–Kier alpha value is -2.89. The maximum Gasteiger partial charge on any atom is 0.248 e. The van der Waals surface area contributed by atoms with E-state index < -0.39 is 17.5 Å². The number of methoxy groups -OCH3 is 2. The third-order valence-electron chi connectivity index (χ3n) is 3.05. The van der Waals surface area contributed by atoms with Gasteiger partial charge in [0.05, 0.1) is 19.8 Å². The molecule has 23 heavy (non-hydrogen) atoms. The number of hydrogen-bond acceptors (Lipinski definition) is 3. The van der Waals surface area contributed by atoms with Crippen LogP contribution in [0.5, 0.6) is 11.5 Å². The number of halogens is 2. The Balaban J connectivity index is 2.16. The van der Waals surface area contributed by atoms with E-state index in [2.05, 4.69) is 5.32 Å². The summed E-state index contributed by atoms with van der Waals surface area (Å²) in [5, 5.41) is 2.44. The van der Waals surface area contributed by atoms with Crippen molar-refractivity contribution >= 4 is 17.7 Å². The molecule has 0 spiro atoms. The minimum atomic E-state index is -1.03. The summed E-state index contributed by atoms with van der Waals surface area (Å²) in [6.07, 6.45) is 2.77. The molecule has 120 valence electrons. The zero-order chi connectivity index (χ0) is 16.8. The van der Waals surface area contributed by atoms with Crippen LogP contribution >= 0.6 is 0 Å². The predicted octanol–water partition coefficient (Wildman–Crippen LogP) is 3.63. The average molecular weight is 319 g/mol. The highest BCUT2D eigenvalue weighted by atomic mass is 19.2. The Kier molecular flexibility index (Phi) is 5.30. The van der Waals surface area contributed by atoms with Crippen molar-refractivity contribution in [2.24, 2.45) is 0 Å². The minimum Gasteiger partial charge on any atom is -0.496 e. The highest BCUT2D eigenvalue weighted by molar-refractivity contribution is 6.02. The molecule has 1 amide bonds. The maximum atomic E-state index is 13.1. The van der Waals surface area contributed by atoms with E-state index in [0.29, 0.717) is 17.1 Å². The molecular formula is C17H15F2NO3. The van der Waals surface area contributed by atoms with Crippen molar-refractivity contribution in [3.8, 4) is 11.5 Å². The summed E-state index contributed by atoms with van der Waals surface area (Å²) in [5.74, 6) is -1.41. The molecule has 0 aliphatic carbocycles. The number of benzene rings is 2. The number of carbonyl (C=O) groups is 1. The van der Waals surface area contributed by atoms with Crippen LogP contribution in [0.1, 0.15) is 5.56 Å². The monoisotopic (exact) mass is 319 g/mol. The van der Waals surface area contributed by atoms with Crippen LogP contribution in [-0.4, -0.2) is 20.1 Å². The normalized spacial score (nSPS) is 10.6. The molecule has 0 saturated heterocycles. The van der Waals surface area contributed by atoms with E-state index in [-0.39, 0.29) is 5.69 Å². The molecule has 0 unspecified atom stereocenters. The van der Waals surface area contributed by atoms with E-state index >= 15 is 0 Å². The number of amides is 1. The Morgan fingerprint density at radius 3 is 2.26 bits per heavy atom. The van der Waals surface area contributed by atoms with E-state index in [9.17, 15) is 13.6 Å². The third kappa shape index (κ3) is 4.06. The minimum absolute atomic E-state index is 0.158. The lowest BCUT2D eigenvalue weighted by Crippen LogP contribution is -2.08. The van der Waals surface area contributed by atoms with Crippen LogP contribution in [0.25, 0.3) is 6.08 Å². The van der Waals surface area contributed by atoms with Crippen LogP contribution in [0.4, 0.5) is 14.5 Å². The van der Waals surface area contributed by atoms with Gasteiger partial charge in [-0.2, -0.15) is 0 Å². The summed E-state index contributed by atoms with van der Waals surface area (Å²) in [6.45, 7) is 0. The fourth-order valence-corrected chi connectivity index (χ4v) is 1.96. The van der Waals surface area contributed by atoms with Gasteiger partial charge in [-0.25, -0.2) is 8.78 Å². The largest absolute Gasteiger partial charge is 0.496 e. The van der Waals surface area contributed by atoms with Crippen molar-refractivity contribution in [3.05, 3.63) is 59.7 Å². The Morgan fingerprint density at radius 2 is 1.70 bits per heavy atom. The van der Waals surface area contributed by atoms with Gasteiger partial charge in [0.1, 0.15) is 11.5 Å². The van der Waals surface area contributed by atoms with E-state index in [1.807, 2.05) is 0 Å². The average Bonchev–Trinajstić information content (AvgIpc) is 2.55. The van der Waals surface area contributed by atoms with E-state index in [1.165, 1.54) is 32.4 Å². The second-order valence-corrected chi connectivity index (χ2v) is 4.53. The van der Waals surface area contributed by atoms with E-state index in [1.54, 1.807) is 18.2 Å². The van der Waals surface area contributed by atoms with Gasteiger partial charge in [0.15, 0.2) is 11.6 Å². The second-order valence-electron chi connectivity index (χ2n) is 4.53. The third-order valence-corrected chi connectivity index (χ3v) is 3.05. The van der Waals surface area contributed by atoms with Crippen molar-refractivity contribution < 1.29 is 23.0 Å². The van der Waals surface area contributed by atoms with Gasteiger partial charge in [0.2, 0.25) is 5.91 Å². The van der Waals surface area contributed by atoms with Gasteiger partial charge in [-0.15, -0.1) is 0 Å². The van der Waals surface area contributed by atoms with Crippen LogP contribution in [0.3, 0.4) is 0 Å². The first-order valence-corrected chi connectivity index (χ1v) is 6.70. The quantitative estimate of drug-likeness (QED) is 0.856. The summed E-state index contributed by atoms with van der Waals surface area (Å²) in [4.78, 5) is 11.9. The zero-order valence-electron chi connectivity index (χ0n) is 12.6. The molecule has 0 radical (unpaired) electrons. The molecule has 0 heterocycles. The summed E-state index contributed by atoms with van der Waals surface area (Å²) < 4.78 is 36.4. The lowest BCUT2D eigenvalue weighted by Gasteiger charge is -2.09. The highest BCUT2D eigenvalue weighted by Crippen LogP contribution is 2.29. The fraction of sp³-hybridized carbons (Fsp3) is 0.118. The Labute approximate surface area is 132 Å². The number of ether oxygens (including phenoxy) is 2. The van der Waals surface area contributed by atoms with Gasteiger partial charge in [0, 0.05) is 17.8 Å². The number of nitrogens with one attached hydrogen (secondary N) is 1. The van der Waals surface area contributed by atoms with Crippen molar-refractivity contribution in [1.29, 1.82) is 0 Å². The molecule has 0 aliphatic heterocycles. The number of rotatable bonds is 5. The molecule has 6 heteroatoms. The molecular weight excluding hydrogens is 304 g/mol.